The number of anilines is 3. The van der Waals surface area contributed by atoms with Crippen LogP contribution in [-0.2, 0) is 10.0 Å². The third kappa shape index (κ3) is 4.65. The molecule has 130 valence electrons. The Balaban J connectivity index is 2.31. The van der Waals surface area contributed by atoms with Gasteiger partial charge < -0.3 is 10.6 Å². The Kier molecular flexibility index (Phi) is 5.10. The van der Waals surface area contributed by atoms with Crippen LogP contribution in [0.25, 0.3) is 0 Å². The van der Waals surface area contributed by atoms with E-state index in [1.54, 1.807) is 24.4 Å². The molecular formula is C16H23N5O2S. The Morgan fingerprint density at radius 3 is 2.50 bits per heavy atom. The van der Waals surface area contributed by atoms with Gasteiger partial charge in [-0.05, 0) is 52.9 Å². The van der Waals surface area contributed by atoms with Gasteiger partial charge in [0.2, 0.25) is 16.0 Å². The van der Waals surface area contributed by atoms with Crippen LogP contribution in [0.4, 0.5) is 17.5 Å². The summed E-state index contributed by atoms with van der Waals surface area (Å²) in [5.74, 6) is 1.13. The van der Waals surface area contributed by atoms with E-state index in [1.165, 1.54) is 13.1 Å². The third-order valence-corrected chi connectivity index (χ3v) is 4.55. The smallest absolute Gasteiger partial charge is 0.240 e. The highest BCUT2D eigenvalue weighted by atomic mass is 32.2. The number of rotatable bonds is 5. The topological polar surface area (TPSA) is 96.0 Å². The molecule has 8 heteroatoms. The fourth-order valence-electron chi connectivity index (χ4n) is 1.96. The molecule has 0 bridgehead atoms. The summed E-state index contributed by atoms with van der Waals surface area (Å²) >= 11 is 0. The number of hydrogen-bond acceptors (Lipinski definition) is 6. The first-order valence-electron chi connectivity index (χ1n) is 7.53. The van der Waals surface area contributed by atoms with E-state index in [-0.39, 0.29) is 10.4 Å². The predicted octanol–water partition coefficient (Wildman–Crippen LogP) is 2.65. The van der Waals surface area contributed by atoms with Gasteiger partial charge >= 0.3 is 0 Å². The van der Waals surface area contributed by atoms with Gasteiger partial charge in [0, 0.05) is 23.0 Å². The van der Waals surface area contributed by atoms with E-state index in [0.717, 1.165) is 5.56 Å². The van der Waals surface area contributed by atoms with Crippen molar-refractivity contribution in [2.45, 2.75) is 38.1 Å². The van der Waals surface area contributed by atoms with Gasteiger partial charge in [0.25, 0.3) is 0 Å². The van der Waals surface area contributed by atoms with Crippen molar-refractivity contribution >= 4 is 27.5 Å². The van der Waals surface area contributed by atoms with E-state index in [0.29, 0.717) is 17.5 Å². The van der Waals surface area contributed by atoms with Crippen LogP contribution < -0.4 is 15.4 Å². The maximum Gasteiger partial charge on any atom is 0.240 e. The number of aryl methyl sites for hydroxylation is 1. The highest BCUT2D eigenvalue weighted by molar-refractivity contribution is 7.89. The Bertz CT molecular complexity index is 829. The summed E-state index contributed by atoms with van der Waals surface area (Å²) in [5.41, 5.74) is 1.33. The van der Waals surface area contributed by atoms with Crippen LogP contribution in [0, 0.1) is 6.92 Å². The van der Waals surface area contributed by atoms with E-state index in [9.17, 15) is 8.42 Å². The van der Waals surface area contributed by atoms with E-state index < -0.39 is 10.0 Å². The second-order valence-electron chi connectivity index (χ2n) is 6.46. The van der Waals surface area contributed by atoms with Crippen LogP contribution in [0.1, 0.15) is 26.3 Å². The zero-order valence-corrected chi connectivity index (χ0v) is 15.3. The molecule has 0 amide bonds. The van der Waals surface area contributed by atoms with Crippen LogP contribution in [0.15, 0.2) is 35.4 Å². The molecule has 1 aromatic carbocycles. The Morgan fingerprint density at radius 2 is 1.88 bits per heavy atom. The van der Waals surface area contributed by atoms with Crippen molar-refractivity contribution in [1.82, 2.24) is 14.7 Å². The van der Waals surface area contributed by atoms with E-state index in [2.05, 4.69) is 25.3 Å². The molecule has 0 unspecified atom stereocenters. The number of benzene rings is 1. The maximum atomic E-state index is 11.9. The molecular weight excluding hydrogens is 326 g/mol. The fraction of sp³-hybridized carbons (Fsp3) is 0.375. The minimum atomic E-state index is -3.49. The summed E-state index contributed by atoms with van der Waals surface area (Å²) in [6.07, 6.45) is 1.72. The first kappa shape index (κ1) is 18.2. The molecule has 0 atom stereocenters. The lowest BCUT2D eigenvalue weighted by Crippen LogP contribution is -2.27. The molecule has 0 radical (unpaired) electrons. The number of hydrogen-bond donors (Lipinski definition) is 3. The molecule has 24 heavy (non-hydrogen) atoms. The fourth-order valence-corrected chi connectivity index (χ4v) is 2.74. The van der Waals surface area contributed by atoms with Crippen molar-refractivity contribution in [2.75, 3.05) is 17.7 Å². The monoisotopic (exact) mass is 349 g/mol. The van der Waals surface area contributed by atoms with Crippen LogP contribution in [0.3, 0.4) is 0 Å². The lowest BCUT2D eigenvalue weighted by molar-refractivity contribution is 0.588. The van der Waals surface area contributed by atoms with Crippen molar-refractivity contribution in [1.29, 1.82) is 0 Å². The van der Waals surface area contributed by atoms with Gasteiger partial charge in [0.1, 0.15) is 5.82 Å². The Morgan fingerprint density at radius 1 is 1.17 bits per heavy atom. The maximum absolute atomic E-state index is 11.9. The second-order valence-corrected chi connectivity index (χ2v) is 8.35. The highest BCUT2D eigenvalue weighted by Crippen LogP contribution is 2.22. The summed E-state index contributed by atoms with van der Waals surface area (Å²) < 4.78 is 26.1. The summed E-state index contributed by atoms with van der Waals surface area (Å²) in [7, 11) is -2.11. The molecule has 2 rings (SSSR count). The van der Waals surface area contributed by atoms with Gasteiger partial charge in [0.05, 0.1) is 4.90 Å². The summed E-state index contributed by atoms with van der Waals surface area (Å²) in [6, 6.07) is 6.56. The Labute approximate surface area is 143 Å². The van der Waals surface area contributed by atoms with E-state index >= 15 is 0 Å². The van der Waals surface area contributed by atoms with E-state index in [1.807, 2.05) is 27.7 Å². The zero-order valence-electron chi connectivity index (χ0n) is 14.5. The molecule has 0 spiro atoms. The summed E-state index contributed by atoms with van der Waals surface area (Å²) in [4.78, 5) is 8.92. The lowest BCUT2D eigenvalue weighted by Gasteiger charge is -2.21. The van der Waals surface area contributed by atoms with Crippen LogP contribution in [0.2, 0.25) is 0 Å². The van der Waals surface area contributed by atoms with Gasteiger partial charge in [-0.3, -0.25) is 0 Å². The van der Waals surface area contributed by atoms with Gasteiger partial charge in [-0.2, -0.15) is 4.98 Å². The molecule has 3 N–H and O–H groups in total. The lowest BCUT2D eigenvalue weighted by atomic mass is 10.1. The SMILES string of the molecule is CNS(=O)(=O)c1cccc(Nc2nc(NC(C)(C)C)ncc2C)c1. The van der Waals surface area contributed by atoms with Crippen LogP contribution in [-0.4, -0.2) is 31.0 Å². The van der Waals surface area contributed by atoms with Gasteiger partial charge in [-0.15, -0.1) is 0 Å². The number of aromatic nitrogens is 2. The average molecular weight is 349 g/mol. The minimum Gasteiger partial charge on any atom is -0.350 e. The predicted molar refractivity (Wildman–Crippen MR) is 96.1 cm³/mol. The number of nitrogens with zero attached hydrogens (tertiary/aromatic N) is 2. The van der Waals surface area contributed by atoms with Crippen molar-refractivity contribution in [3.05, 3.63) is 36.0 Å². The molecule has 0 aliphatic rings. The van der Waals surface area contributed by atoms with Crippen molar-refractivity contribution in [3.8, 4) is 0 Å². The molecule has 0 fully saturated rings. The molecule has 1 aromatic heterocycles. The highest BCUT2D eigenvalue weighted by Gasteiger charge is 2.14. The molecule has 7 nitrogen and oxygen atoms in total. The normalized spacial score (nSPS) is 12.0. The molecule has 0 aliphatic carbocycles. The summed E-state index contributed by atoms with van der Waals surface area (Å²) in [5, 5.41) is 6.36. The first-order valence-corrected chi connectivity index (χ1v) is 9.01. The quantitative estimate of drug-likeness (QED) is 0.768. The van der Waals surface area contributed by atoms with Crippen molar-refractivity contribution < 1.29 is 8.42 Å². The zero-order chi connectivity index (χ0) is 18.0. The molecule has 0 saturated carbocycles. The molecule has 0 saturated heterocycles. The molecule has 1 heterocycles. The standard InChI is InChI=1S/C16H23N5O2S/c1-11-10-18-15(21-16(2,3)4)20-14(11)19-12-7-6-8-13(9-12)24(22,23)17-5/h6-10,17H,1-5H3,(H2,18,19,20,21). The van der Waals surface area contributed by atoms with Crippen molar-refractivity contribution in [3.63, 3.8) is 0 Å². The average Bonchev–Trinajstić information content (AvgIpc) is 2.49. The second kappa shape index (κ2) is 6.74. The van der Waals surface area contributed by atoms with Crippen LogP contribution in [0.5, 0.6) is 0 Å². The Hall–Kier alpha value is -2.19. The number of sulfonamides is 1. The largest absolute Gasteiger partial charge is 0.350 e. The third-order valence-electron chi connectivity index (χ3n) is 3.13. The molecule has 0 aliphatic heterocycles. The van der Waals surface area contributed by atoms with E-state index in [4.69, 9.17) is 0 Å². The molecule has 2 aromatic rings. The minimum absolute atomic E-state index is 0.159. The van der Waals surface area contributed by atoms with Gasteiger partial charge in [-0.25, -0.2) is 18.1 Å². The van der Waals surface area contributed by atoms with Crippen LogP contribution >= 0.6 is 0 Å². The summed E-state index contributed by atoms with van der Waals surface area (Å²) in [6.45, 7) is 7.96. The first-order chi connectivity index (χ1) is 11.1. The number of nitrogens with one attached hydrogen (secondary N) is 3. The van der Waals surface area contributed by atoms with Gasteiger partial charge in [-0.1, -0.05) is 6.07 Å². The van der Waals surface area contributed by atoms with Gasteiger partial charge in [0.15, 0.2) is 0 Å². The van der Waals surface area contributed by atoms with Crippen molar-refractivity contribution in [2.24, 2.45) is 0 Å².